The third-order valence-corrected chi connectivity index (χ3v) is 12.1. The number of rotatable bonds is 23. The van der Waals surface area contributed by atoms with Crippen molar-refractivity contribution in [3.8, 4) is 142 Å². The Bertz CT molecular complexity index is 2810. The lowest BCUT2D eigenvalue weighted by Crippen LogP contribution is -2.60. The van der Waals surface area contributed by atoms with Gasteiger partial charge in [-0.2, -0.15) is 0 Å². The van der Waals surface area contributed by atoms with Crippen LogP contribution in [0, 0.1) is 142 Å². The Labute approximate surface area is 435 Å². The van der Waals surface area contributed by atoms with Crippen molar-refractivity contribution < 1.29 is 49.4 Å². The van der Waals surface area contributed by atoms with Crippen LogP contribution in [-0.4, -0.2) is 110 Å². The van der Waals surface area contributed by atoms with Gasteiger partial charge in [-0.1, -0.05) is 108 Å². The normalized spacial score (nSPS) is 18.9. The smallest absolute Gasteiger partial charge is 0.297 e. The van der Waals surface area contributed by atoms with Gasteiger partial charge in [0.2, 0.25) is 11.8 Å². The van der Waals surface area contributed by atoms with E-state index >= 15 is 0 Å². The molecule has 3 unspecified atom stereocenters. The Morgan fingerprint density at radius 3 is 1.63 bits per heavy atom. The largest absolute Gasteiger partial charge is 0.390 e. The van der Waals surface area contributed by atoms with Gasteiger partial charge in [-0.15, -0.1) is 11.8 Å². The van der Waals surface area contributed by atoms with Gasteiger partial charge in [0.15, 0.2) is 6.29 Å². The SMILES string of the molecule is CC#CC#CC#CC#CC#CC#CC#CC#CC#CC#CC#CC#CC(=O)N[C@@H](CO[C@H]1OC(CSC2CC(=O)N(c3ccccc3)C2=O)[C@H](O)[C@H](O)C1O)[C@H](O)[C@H](O)CCCCCCCCCCCCCC. The van der Waals surface area contributed by atoms with Gasteiger partial charge in [0.1, 0.15) is 24.4 Å². The van der Waals surface area contributed by atoms with E-state index in [1.54, 1.807) is 37.3 Å². The molecule has 13 heteroatoms. The molecule has 2 fully saturated rings. The molecule has 12 nitrogen and oxygen atoms in total. The number of nitrogens with one attached hydrogen (secondary N) is 1. The highest BCUT2D eigenvalue weighted by Crippen LogP contribution is 2.32. The zero-order valence-corrected chi connectivity index (χ0v) is 41.8. The van der Waals surface area contributed by atoms with E-state index in [-0.39, 0.29) is 24.5 Å². The van der Waals surface area contributed by atoms with Crippen LogP contribution in [0.2, 0.25) is 0 Å². The van der Waals surface area contributed by atoms with Crippen LogP contribution in [0.5, 0.6) is 0 Å². The summed E-state index contributed by atoms with van der Waals surface area (Å²) >= 11 is 1.05. The summed E-state index contributed by atoms with van der Waals surface area (Å²) in [6.45, 7) is 3.36. The van der Waals surface area contributed by atoms with E-state index in [4.69, 9.17) is 9.47 Å². The number of hydrogen-bond acceptors (Lipinski definition) is 11. The number of carbonyl (C=O) groups excluding carboxylic acids is 3. The standard InChI is InChI=1S/C60H58N2O10S/c1-3-5-7-9-11-13-15-17-18-19-20-21-22-23-24-25-26-27-29-31-33-35-40-44-53(64)61-49(55(66)50(63)43-39-34-32-30-28-16-14-12-10-8-6-4-2)46-71-60-58(69)57(68)56(67)51(72-60)47-73-52-45-54(65)62(59(52)70)48-41-37-36-38-42-48/h36-38,41-42,49-52,55-58,60,63,66-69H,4,6,8,10,12,14,16,28,30,32,34,39,43,45-47H2,1-2H3,(H,61,64)/t49-,50+,51?,52?,55-,56-,57-,58?,60-/m0/s1. The first kappa shape index (κ1) is 59.9. The number of amides is 3. The molecule has 73 heavy (non-hydrogen) atoms. The van der Waals surface area contributed by atoms with Crippen molar-refractivity contribution in [3.05, 3.63) is 30.3 Å². The number of carbonyl (C=O) groups is 3. The van der Waals surface area contributed by atoms with E-state index in [0.29, 0.717) is 12.1 Å². The highest BCUT2D eigenvalue weighted by atomic mass is 32.2. The predicted molar refractivity (Wildman–Crippen MR) is 281 cm³/mol. The lowest BCUT2D eigenvalue weighted by atomic mass is 9.98. The highest BCUT2D eigenvalue weighted by Gasteiger charge is 2.46. The molecule has 2 aliphatic rings. The number of ether oxygens (including phenoxy) is 2. The molecule has 0 aliphatic carbocycles. The second-order valence-electron chi connectivity index (χ2n) is 16.2. The first-order valence-corrected chi connectivity index (χ1v) is 25.1. The van der Waals surface area contributed by atoms with Crippen molar-refractivity contribution in [1.29, 1.82) is 0 Å². The monoisotopic (exact) mass is 998 g/mol. The van der Waals surface area contributed by atoms with Gasteiger partial charge in [0.25, 0.3) is 5.91 Å². The second kappa shape index (κ2) is 37.4. The van der Waals surface area contributed by atoms with E-state index in [1.807, 2.05) is 0 Å². The van der Waals surface area contributed by atoms with Crippen LogP contribution in [0.25, 0.3) is 0 Å². The quantitative estimate of drug-likeness (QED) is 0.0538. The van der Waals surface area contributed by atoms with Crippen molar-refractivity contribution in [3.63, 3.8) is 0 Å². The van der Waals surface area contributed by atoms with Gasteiger partial charge in [-0.3, -0.25) is 14.4 Å². The fourth-order valence-corrected chi connectivity index (χ4v) is 8.23. The number of unbranched alkanes of at least 4 members (excludes halogenated alkanes) is 11. The Hall–Kier alpha value is -7.38. The summed E-state index contributed by atoms with van der Waals surface area (Å²) in [5, 5.41) is 56.5. The van der Waals surface area contributed by atoms with Crippen molar-refractivity contribution in [2.75, 3.05) is 17.3 Å². The number of thioether (sulfide) groups is 1. The first-order valence-electron chi connectivity index (χ1n) is 24.0. The molecule has 6 N–H and O–H groups in total. The van der Waals surface area contributed by atoms with Gasteiger partial charge in [-0.05, 0) is 120 Å². The van der Waals surface area contributed by atoms with Crippen LogP contribution < -0.4 is 10.2 Å². The molecule has 2 aliphatic heterocycles. The molecule has 0 aromatic heterocycles. The minimum absolute atomic E-state index is 0.0642. The van der Waals surface area contributed by atoms with Crippen molar-refractivity contribution in [2.45, 2.75) is 158 Å². The third kappa shape index (κ3) is 24.5. The van der Waals surface area contributed by atoms with E-state index in [1.165, 1.54) is 44.9 Å². The topological polar surface area (TPSA) is 186 Å². The summed E-state index contributed by atoms with van der Waals surface area (Å²) in [5.41, 5.74) is 0.435. The van der Waals surface area contributed by atoms with E-state index < -0.39 is 72.6 Å². The van der Waals surface area contributed by atoms with Gasteiger partial charge >= 0.3 is 0 Å². The predicted octanol–water partition coefficient (Wildman–Crippen LogP) is 3.23. The number of para-hydroxylation sites is 1. The molecule has 9 atom stereocenters. The van der Waals surface area contributed by atoms with Gasteiger partial charge in [-0.25, -0.2) is 4.90 Å². The second-order valence-corrected chi connectivity index (χ2v) is 17.5. The fraction of sp³-hybridized carbons (Fsp3) is 0.450. The summed E-state index contributed by atoms with van der Waals surface area (Å²) in [6, 6.07) is 7.19. The zero-order valence-electron chi connectivity index (χ0n) is 41.0. The molecule has 1 aromatic rings. The lowest BCUT2D eigenvalue weighted by molar-refractivity contribution is -0.294. The van der Waals surface area contributed by atoms with Crippen LogP contribution in [-0.2, 0) is 23.9 Å². The van der Waals surface area contributed by atoms with Gasteiger partial charge < -0.3 is 40.3 Å². The number of benzene rings is 1. The van der Waals surface area contributed by atoms with E-state index in [9.17, 15) is 39.9 Å². The Kier molecular flexibility index (Phi) is 30.7. The lowest BCUT2D eigenvalue weighted by Gasteiger charge is -2.41. The molecule has 0 saturated carbocycles. The van der Waals surface area contributed by atoms with Crippen molar-refractivity contribution in [1.82, 2.24) is 5.32 Å². The van der Waals surface area contributed by atoms with Crippen LogP contribution in [0.1, 0.15) is 104 Å². The maximum atomic E-state index is 13.2. The van der Waals surface area contributed by atoms with Gasteiger partial charge in [0, 0.05) is 53.6 Å². The van der Waals surface area contributed by atoms with Gasteiger partial charge in [0.05, 0.1) is 35.8 Å². The molecule has 2 saturated heterocycles. The fourth-order valence-electron chi connectivity index (χ4n) is 7.02. The summed E-state index contributed by atoms with van der Waals surface area (Å²) < 4.78 is 11.7. The van der Waals surface area contributed by atoms with Crippen LogP contribution in [0.4, 0.5) is 5.69 Å². The summed E-state index contributed by atoms with van der Waals surface area (Å²) in [7, 11) is 0. The molecule has 3 rings (SSSR count). The Morgan fingerprint density at radius 1 is 0.671 bits per heavy atom. The van der Waals surface area contributed by atoms with Crippen LogP contribution in [0.15, 0.2) is 30.3 Å². The molecule has 2 heterocycles. The molecule has 0 spiro atoms. The molecular formula is C60H58N2O10S. The van der Waals surface area contributed by atoms with Crippen molar-refractivity contribution in [2.24, 2.45) is 0 Å². The average molecular weight is 999 g/mol. The minimum Gasteiger partial charge on any atom is -0.390 e. The van der Waals surface area contributed by atoms with E-state index in [0.717, 1.165) is 42.3 Å². The van der Waals surface area contributed by atoms with E-state index in [2.05, 4.69) is 154 Å². The molecule has 0 bridgehead atoms. The highest BCUT2D eigenvalue weighted by molar-refractivity contribution is 8.00. The average Bonchev–Trinajstić information content (AvgIpc) is 3.68. The maximum absolute atomic E-state index is 13.2. The number of imide groups is 1. The maximum Gasteiger partial charge on any atom is 0.297 e. The third-order valence-electron chi connectivity index (χ3n) is 10.8. The zero-order chi connectivity index (χ0) is 52.7. The summed E-state index contributed by atoms with van der Waals surface area (Å²) in [6.07, 6.45) is 2.94. The number of nitrogens with zero attached hydrogens (tertiary/aromatic N) is 1. The number of aliphatic hydroxyl groups excluding tert-OH is 5. The number of hydrogen-bond donors (Lipinski definition) is 6. The Morgan fingerprint density at radius 2 is 1.14 bits per heavy atom. The Balaban J connectivity index is 1.59. The molecule has 1 aromatic carbocycles. The first-order chi connectivity index (χ1) is 35.6. The molecule has 0 radical (unpaired) electrons. The van der Waals surface area contributed by atoms with Crippen LogP contribution in [0.3, 0.4) is 0 Å². The molecule has 374 valence electrons. The summed E-state index contributed by atoms with van der Waals surface area (Å²) in [5.74, 6) is 57.7. The van der Waals surface area contributed by atoms with Crippen molar-refractivity contribution >= 4 is 35.2 Å². The number of anilines is 1. The molecular weight excluding hydrogens is 941 g/mol. The molecule has 3 amide bonds. The summed E-state index contributed by atoms with van der Waals surface area (Å²) in [4.78, 5) is 40.1. The number of aliphatic hydroxyl groups is 5. The van der Waals surface area contributed by atoms with Crippen LogP contribution >= 0.6 is 11.8 Å². The minimum atomic E-state index is -1.76.